The molecule has 126 valence electrons. The summed E-state index contributed by atoms with van der Waals surface area (Å²) >= 11 is 0. The SMILES string of the molecule is O=C(O)C1CC=CCC1c1c2ccc(=O)cc-2oc2cc(O)ccc12. The van der Waals surface area contributed by atoms with Crippen molar-refractivity contribution in [1.29, 1.82) is 0 Å². The number of hydrogen-bond donors (Lipinski definition) is 2. The molecule has 0 fully saturated rings. The minimum absolute atomic E-state index is 0.0538. The van der Waals surface area contributed by atoms with Crippen molar-refractivity contribution in [2.45, 2.75) is 18.8 Å². The summed E-state index contributed by atoms with van der Waals surface area (Å²) in [5.74, 6) is -1.15. The van der Waals surface area contributed by atoms with Gasteiger partial charge in [0.25, 0.3) is 0 Å². The number of rotatable bonds is 2. The highest BCUT2D eigenvalue weighted by Crippen LogP contribution is 2.44. The highest BCUT2D eigenvalue weighted by Gasteiger charge is 2.33. The molecule has 4 rings (SSSR count). The van der Waals surface area contributed by atoms with Gasteiger partial charge in [-0.3, -0.25) is 9.59 Å². The van der Waals surface area contributed by atoms with E-state index in [4.69, 9.17) is 4.42 Å². The minimum Gasteiger partial charge on any atom is -0.508 e. The summed E-state index contributed by atoms with van der Waals surface area (Å²) in [4.78, 5) is 23.5. The van der Waals surface area contributed by atoms with Gasteiger partial charge in [-0.1, -0.05) is 12.2 Å². The molecule has 0 radical (unpaired) electrons. The third kappa shape index (κ3) is 2.58. The quantitative estimate of drug-likeness (QED) is 0.550. The summed E-state index contributed by atoms with van der Waals surface area (Å²) in [5, 5.41) is 20.2. The van der Waals surface area contributed by atoms with Crippen LogP contribution in [-0.2, 0) is 4.79 Å². The number of fused-ring (bicyclic) bond motifs is 2. The third-order valence-electron chi connectivity index (χ3n) is 4.84. The number of aromatic hydroxyl groups is 1. The van der Waals surface area contributed by atoms with Gasteiger partial charge >= 0.3 is 5.97 Å². The van der Waals surface area contributed by atoms with Crippen LogP contribution in [0.5, 0.6) is 5.75 Å². The zero-order valence-electron chi connectivity index (χ0n) is 13.3. The molecule has 1 aromatic carbocycles. The average molecular weight is 336 g/mol. The van der Waals surface area contributed by atoms with E-state index in [9.17, 15) is 19.8 Å². The molecular formula is C20H16O5. The van der Waals surface area contributed by atoms with Gasteiger partial charge in [0.15, 0.2) is 5.43 Å². The van der Waals surface area contributed by atoms with Crippen molar-refractivity contribution in [1.82, 2.24) is 0 Å². The molecule has 2 unspecified atom stereocenters. The predicted molar refractivity (Wildman–Crippen MR) is 93.0 cm³/mol. The van der Waals surface area contributed by atoms with Gasteiger partial charge in [-0.2, -0.15) is 0 Å². The van der Waals surface area contributed by atoms with Crippen LogP contribution in [0.4, 0.5) is 0 Å². The lowest BCUT2D eigenvalue weighted by Gasteiger charge is -2.29. The molecule has 2 aliphatic carbocycles. The van der Waals surface area contributed by atoms with E-state index < -0.39 is 11.9 Å². The second-order valence-corrected chi connectivity index (χ2v) is 6.35. The molecule has 5 heteroatoms. The second kappa shape index (κ2) is 5.77. The zero-order chi connectivity index (χ0) is 17.6. The van der Waals surface area contributed by atoms with Gasteiger partial charge in [0.1, 0.15) is 17.1 Å². The molecule has 0 amide bonds. The van der Waals surface area contributed by atoms with E-state index >= 15 is 0 Å². The molecule has 1 heterocycles. The highest BCUT2D eigenvalue weighted by atomic mass is 16.4. The van der Waals surface area contributed by atoms with Crippen LogP contribution in [0, 0.1) is 5.92 Å². The Kier molecular flexibility index (Phi) is 3.57. The fourth-order valence-electron chi connectivity index (χ4n) is 3.70. The summed E-state index contributed by atoms with van der Waals surface area (Å²) in [7, 11) is 0. The Balaban J connectivity index is 2.07. The summed E-state index contributed by atoms with van der Waals surface area (Å²) in [6.07, 6.45) is 4.96. The first-order valence-electron chi connectivity index (χ1n) is 8.12. The van der Waals surface area contributed by atoms with Crippen LogP contribution < -0.4 is 5.43 Å². The monoisotopic (exact) mass is 336 g/mol. The van der Waals surface area contributed by atoms with Crippen LogP contribution in [0.15, 0.2) is 57.8 Å². The molecule has 1 aromatic rings. The van der Waals surface area contributed by atoms with Crippen molar-refractivity contribution < 1.29 is 19.4 Å². The molecule has 25 heavy (non-hydrogen) atoms. The number of carboxylic acids is 1. The Morgan fingerprint density at radius 3 is 2.68 bits per heavy atom. The van der Waals surface area contributed by atoms with E-state index in [1.165, 1.54) is 18.2 Å². The fraction of sp³-hybridized carbons (Fsp3) is 0.200. The highest BCUT2D eigenvalue weighted by molar-refractivity contribution is 5.90. The molecule has 3 aliphatic rings. The number of aliphatic carboxylic acids is 1. The van der Waals surface area contributed by atoms with E-state index in [1.54, 1.807) is 18.2 Å². The minimum atomic E-state index is -0.837. The second-order valence-electron chi connectivity index (χ2n) is 6.35. The van der Waals surface area contributed by atoms with Crippen molar-refractivity contribution in [3.63, 3.8) is 0 Å². The molecule has 0 saturated carbocycles. The van der Waals surface area contributed by atoms with Gasteiger partial charge in [0.2, 0.25) is 0 Å². The van der Waals surface area contributed by atoms with Crippen LogP contribution in [0.25, 0.3) is 22.3 Å². The van der Waals surface area contributed by atoms with Gasteiger partial charge in [-0.05, 0) is 42.7 Å². The largest absolute Gasteiger partial charge is 0.508 e. The van der Waals surface area contributed by atoms with E-state index in [2.05, 4.69) is 0 Å². The van der Waals surface area contributed by atoms with Gasteiger partial charge in [-0.15, -0.1) is 0 Å². The lowest BCUT2D eigenvalue weighted by Crippen LogP contribution is -2.24. The lowest BCUT2D eigenvalue weighted by molar-refractivity contribution is -0.142. The molecule has 0 aromatic heterocycles. The van der Waals surface area contributed by atoms with E-state index in [-0.39, 0.29) is 17.1 Å². The first-order valence-corrected chi connectivity index (χ1v) is 8.12. The van der Waals surface area contributed by atoms with Crippen molar-refractivity contribution in [2.75, 3.05) is 0 Å². The molecule has 2 N–H and O–H groups in total. The number of carboxylic acid groups (broad SMARTS) is 1. The Labute approximate surface area is 143 Å². The number of allylic oxidation sites excluding steroid dienone is 2. The molecule has 1 aliphatic heterocycles. The summed E-state index contributed by atoms with van der Waals surface area (Å²) in [6.45, 7) is 0. The zero-order valence-corrected chi connectivity index (χ0v) is 13.3. The number of hydrogen-bond acceptors (Lipinski definition) is 4. The fourth-order valence-corrected chi connectivity index (χ4v) is 3.70. The van der Waals surface area contributed by atoms with Crippen LogP contribution in [0.2, 0.25) is 0 Å². The molecule has 0 saturated heterocycles. The standard InChI is InChI=1S/C20H16O5/c21-11-5-7-15-17(9-11)25-18-10-12(22)6-8-16(18)19(15)13-3-1-2-4-14(13)20(23)24/h1-2,5-10,13-14,21H,3-4H2,(H,23,24). The average Bonchev–Trinajstić information content (AvgIpc) is 2.59. The van der Waals surface area contributed by atoms with E-state index in [0.717, 1.165) is 16.5 Å². The maximum atomic E-state index is 11.8. The summed E-state index contributed by atoms with van der Waals surface area (Å²) in [6, 6.07) is 9.35. The van der Waals surface area contributed by atoms with E-state index in [1.807, 2.05) is 12.2 Å². The normalized spacial score (nSPS) is 20.2. The molecular weight excluding hydrogens is 320 g/mol. The molecule has 0 bridgehead atoms. The molecule has 2 atom stereocenters. The topological polar surface area (TPSA) is 87.7 Å². The van der Waals surface area contributed by atoms with Crippen LogP contribution >= 0.6 is 0 Å². The predicted octanol–water partition coefficient (Wildman–Crippen LogP) is 3.74. The van der Waals surface area contributed by atoms with Crippen LogP contribution in [0.3, 0.4) is 0 Å². The lowest BCUT2D eigenvalue weighted by atomic mass is 9.75. The number of carbonyl (C=O) groups is 1. The summed E-state index contributed by atoms with van der Waals surface area (Å²) < 4.78 is 5.81. The van der Waals surface area contributed by atoms with Crippen molar-refractivity contribution in [3.8, 4) is 17.1 Å². The van der Waals surface area contributed by atoms with Gasteiger partial charge < -0.3 is 14.6 Å². The Morgan fingerprint density at radius 2 is 1.88 bits per heavy atom. The molecule has 5 nitrogen and oxygen atoms in total. The van der Waals surface area contributed by atoms with Gasteiger partial charge in [0.05, 0.1) is 5.92 Å². The number of phenols is 1. The number of benzene rings is 2. The Hall–Kier alpha value is -3.08. The molecule has 0 spiro atoms. The smallest absolute Gasteiger partial charge is 0.307 e. The first kappa shape index (κ1) is 15.4. The maximum absolute atomic E-state index is 11.8. The first-order chi connectivity index (χ1) is 12.0. The Bertz CT molecular complexity index is 1030. The van der Waals surface area contributed by atoms with E-state index in [0.29, 0.717) is 24.2 Å². The van der Waals surface area contributed by atoms with Gasteiger partial charge in [0, 0.05) is 29.0 Å². The van der Waals surface area contributed by atoms with Crippen molar-refractivity contribution >= 4 is 16.9 Å². The van der Waals surface area contributed by atoms with Crippen molar-refractivity contribution in [3.05, 3.63) is 64.3 Å². The van der Waals surface area contributed by atoms with Gasteiger partial charge in [-0.25, -0.2) is 0 Å². The van der Waals surface area contributed by atoms with Crippen molar-refractivity contribution in [2.24, 2.45) is 5.92 Å². The number of phenolic OH excluding ortho intramolecular Hbond substituents is 1. The maximum Gasteiger partial charge on any atom is 0.307 e. The van der Waals surface area contributed by atoms with Crippen LogP contribution in [0.1, 0.15) is 24.3 Å². The Morgan fingerprint density at radius 1 is 1.08 bits per heavy atom. The summed E-state index contributed by atoms with van der Waals surface area (Å²) in [5.41, 5.74) is 1.85. The van der Waals surface area contributed by atoms with Crippen LogP contribution in [-0.4, -0.2) is 16.2 Å². The third-order valence-corrected chi connectivity index (χ3v) is 4.84.